The van der Waals surface area contributed by atoms with Crippen LogP contribution in [0.5, 0.6) is 0 Å². The quantitative estimate of drug-likeness (QED) is 0.723. The molecular formula is C10H10F3N3O3. The maximum absolute atomic E-state index is 12.6. The molecule has 0 aromatic heterocycles. The average Bonchev–Trinajstić information content (AvgIpc) is 2.27. The van der Waals surface area contributed by atoms with Gasteiger partial charge in [-0.25, -0.2) is 10.3 Å². The lowest BCUT2D eigenvalue weighted by atomic mass is 10.2. The molecule has 0 saturated carbocycles. The molecule has 1 rings (SSSR count). The third-order valence-electron chi connectivity index (χ3n) is 1.86. The summed E-state index contributed by atoms with van der Waals surface area (Å²) >= 11 is 0. The minimum absolute atomic E-state index is 0.435. The SMILES string of the molecule is NC(=O)CONC(=O)Nc1ccccc1C(F)(F)F. The number of para-hydroxylation sites is 1. The van der Waals surface area contributed by atoms with Crippen LogP contribution in [-0.4, -0.2) is 18.5 Å². The van der Waals surface area contributed by atoms with Crippen molar-refractivity contribution in [3.63, 3.8) is 0 Å². The number of alkyl halides is 3. The van der Waals surface area contributed by atoms with E-state index in [1.807, 2.05) is 5.32 Å². The number of halogens is 3. The molecule has 6 nitrogen and oxygen atoms in total. The Kier molecular flexibility index (Phi) is 4.70. The molecule has 0 radical (unpaired) electrons. The van der Waals surface area contributed by atoms with Crippen LogP contribution < -0.4 is 16.5 Å². The summed E-state index contributed by atoms with van der Waals surface area (Å²) in [5.41, 5.74) is 5.02. The summed E-state index contributed by atoms with van der Waals surface area (Å²) in [5, 5.41) is 1.94. The highest BCUT2D eigenvalue weighted by Gasteiger charge is 2.33. The van der Waals surface area contributed by atoms with Crippen LogP contribution in [0, 0.1) is 0 Å². The molecule has 0 aliphatic rings. The Balaban J connectivity index is 2.67. The Morgan fingerprint density at radius 3 is 2.47 bits per heavy atom. The number of primary amides is 1. The van der Waals surface area contributed by atoms with Crippen LogP contribution in [0.3, 0.4) is 0 Å². The van der Waals surface area contributed by atoms with Crippen molar-refractivity contribution in [2.45, 2.75) is 6.18 Å². The zero-order valence-electron chi connectivity index (χ0n) is 9.45. The average molecular weight is 277 g/mol. The fraction of sp³-hybridized carbons (Fsp3) is 0.200. The van der Waals surface area contributed by atoms with Crippen molar-refractivity contribution in [1.29, 1.82) is 0 Å². The number of hydroxylamine groups is 1. The second kappa shape index (κ2) is 6.05. The van der Waals surface area contributed by atoms with E-state index in [-0.39, 0.29) is 0 Å². The van der Waals surface area contributed by atoms with Crippen molar-refractivity contribution < 1.29 is 27.6 Å². The van der Waals surface area contributed by atoms with Crippen LogP contribution in [0.1, 0.15) is 5.56 Å². The second-order valence-corrected chi connectivity index (χ2v) is 3.35. The lowest BCUT2D eigenvalue weighted by Crippen LogP contribution is -2.33. The maximum atomic E-state index is 12.6. The number of anilines is 1. The highest BCUT2D eigenvalue weighted by atomic mass is 19.4. The first-order valence-electron chi connectivity index (χ1n) is 4.94. The molecule has 0 fully saturated rings. The fourth-order valence-electron chi connectivity index (χ4n) is 1.16. The molecule has 0 saturated heterocycles. The van der Waals surface area contributed by atoms with Crippen LogP contribution in [0.4, 0.5) is 23.7 Å². The summed E-state index contributed by atoms with van der Waals surface area (Å²) in [5.74, 6) is -0.837. The minimum atomic E-state index is -4.60. The van der Waals surface area contributed by atoms with Crippen LogP contribution >= 0.6 is 0 Å². The van der Waals surface area contributed by atoms with Crippen LogP contribution in [0.2, 0.25) is 0 Å². The van der Waals surface area contributed by atoms with Gasteiger partial charge in [-0.1, -0.05) is 12.1 Å². The molecule has 104 valence electrons. The van der Waals surface area contributed by atoms with Gasteiger partial charge < -0.3 is 11.1 Å². The lowest BCUT2D eigenvalue weighted by molar-refractivity contribution is -0.136. The molecule has 1 aromatic rings. The van der Waals surface area contributed by atoms with Crippen molar-refractivity contribution in [2.75, 3.05) is 11.9 Å². The number of nitrogens with one attached hydrogen (secondary N) is 2. The van der Waals surface area contributed by atoms with Crippen molar-refractivity contribution in [1.82, 2.24) is 5.48 Å². The van der Waals surface area contributed by atoms with E-state index in [9.17, 15) is 22.8 Å². The zero-order chi connectivity index (χ0) is 14.5. The molecule has 19 heavy (non-hydrogen) atoms. The van der Waals surface area contributed by atoms with Gasteiger partial charge in [0.25, 0.3) is 0 Å². The van der Waals surface area contributed by atoms with Crippen molar-refractivity contribution in [3.05, 3.63) is 29.8 Å². The van der Waals surface area contributed by atoms with Gasteiger partial charge in [-0.05, 0) is 12.1 Å². The summed E-state index contributed by atoms with van der Waals surface area (Å²) in [7, 11) is 0. The molecule has 4 N–H and O–H groups in total. The first-order chi connectivity index (χ1) is 8.80. The van der Waals surface area contributed by atoms with E-state index in [1.165, 1.54) is 12.1 Å². The standard InChI is InChI=1S/C10H10F3N3O3/c11-10(12,13)6-3-1-2-4-7(6)15-9(18)16-19-5-8(14)17/h1-4H,5H2,(H2,14,17)(H2,15,16,18). The van der Waals surface area contributed by atoms with Crippen LogP contribution in [0.15, 0.2) is 24.3 Å². The van der Waals surface area contributed by atoms with Gasteiger partial charge in [-0.2, -0.15) is 13.2 Å². The van der Waals surface area contributed by atoms with E-state index in [1.54, 1.807) is 5.48 Å². The predicted molar refractivity (Wildman–Crippen MR) is 58.7 cm³/mol. The molecule has 0 spiro atoms. The number of rotatable bonds is 4. The van der Waals surface area contributed by atoms with Gasteiger partial charge in [0.2, 0.25) is 5.91 Å². The number of carbonyl (C=O) groups excluding carboxylic acids is 2. The monoisotopic (exact) mass is 277 g/mol. The van der Waals surface area contributed by atoms with E-state index in [0.29, 0.717) is 0 Å². The summed E-state index contributed by atoms with van der Waals surface area (Å²) in [6.45, 7) is -0.589. The third kappa shape index (κ3) is 4.84. The number of nitrogens with two attached hydrogens (primary N) is 1. The van der Waals surface area contributed by atoms with Crippen LogP contribution in [-0.2, 0) is 15.8 Å². The van der Waals surface area contributed by atoms with Gasteiger partial charge in [0.15, 0.2) is 6.61 Å². The largest absolute Gasteiger partial charge is 0.418 e. The number of urea groups is 1. The van der Waals surface area contributed by atoms with Crippen molar-refractivity contribution in [2.24, 2.45) is 5.73 Å². The van der Waals surface area contributed by atoms with E-state index in [0.717, 1.165) is 12.1 Å². The van der Waals surface area contributed by atoms with Gasteiger partial charge >= 0.3 is 12.2 Å². The highest BCUT2D eigenvalue weighted by molar-refractivity contribution is 5.89. The smallest absolute Gasteiger partial charge is 0.368 e. The van der Waals surface area contributed by atoms with Gasteiger partial charge in [0.1, 0.15) is 0 Å². The van der Waals surface area contributed by atoms with E-state index in [2.05, 4.69) is 4.84 Å². The Morgan fingerprint density at radius 2 is 1.89 bits per heavy atom. The summed E-state index contributed by atoms with van der Waals surface area (Å²) in [6.07, 6.45) is -4.60. The Labute approximate surface area is 105 Å². The summed E-state index contributed by atoms with van der Waals surface area (Å²) in [6, 6.07) is 3.36. The van der Waals surface area contributed by atoms with E-state index in [4.69, 9.17) is 5.73 Å². The minimum Gasteiger partial charge on any atom is -0.368 e. The van der Waals surface area contributed by atoms with Crippen molar-refractivity contribution in [3.8, 4) is 0 Å². The topological polar surface area (TPSA) is 93.5 Å². The number of carbonyl (C=O) groups is 2. The molecule has 0 atom stereocenters. The van der Waals surface area contributed by atoms with Gasteiger partial charge in [0, 0.05) is 0 Å². The number of hydrogen-bond acceptors (Lipinski definition) is 3. The first kappa shape index (κ1) is 14.8. The molecule has 1 aromatic carbocycles. The van der Waals surface area contributed by atoms with E-state index < -0.39 is 36.0 Å². The summed E-state index contributed by atoms with van der Waals surface area (Å²) < 4.78 is 37.8. The van der Waals surface area contributed by atoms with Gasteiger partial charge in [-0.3, -0.25) is 9.63 Å². The Morgan fingerprint density at radius 1 is 1.26 bits per heavy atom. The maximum Gasteiger partial charge on any atom is 0.418 e. The van der Waals surface area contributed by atoms with Gasteiger partial charge in [0.05, 0.1) is 11.3 Å². The zero-order valence-corrected chi connectivity index (χ0v) is 9.45. The molecule has 9 heteroatoms. The second-order valence-electron chi connectivity index (χ2n) is 3.35. The fourth-order valence-corrected chi connectivity index (χ4v) is 1.16. The normalized spacial score (nSPS) is 10.9. The predicted octanol–water partition coefficient (Wildman–Crippen LogP) is 1.24. The number of hydrogen-bond donors (Lipinski definition) is 3. The van der Waals surface area contributed by atoms with Crippen LogP contribution in [0.25, 0.3) is 0 Å². The molecule has 3 amide bonds. The highest BCUT2D eigenvalue weighted by Crippen LogP contribution is 2.34. The molecule has 0 unspecified atom stereocenters. The first-order valence-corrected chi connectivity index (χ1v) is 4.94. The van der Waals surface area contributed by atoms with Gasteiger partial charge in [-0.15, -0.1) is 0 Å². The summed E-state index contributed by atoms with van der Waals surface area (Å²) in [4.78, 5) is 25.8. The third-order valence-corrected chi connectivity index (χ3v) is 1.86. The molecule has 0 bridgehead atoms. The molecule has 0 aliphatic carbocycles. The Bertz CT molecular complexity index is 477. The molecule has 0 heterocycles. The lowest BCUT2D eigenvalue weighted by Gasteiger charge is -2.13. The number of benzene rings is 1. The molecule has 0 aliphatic heterocycles. The van der Waals surface area contributed by atoms with E-state index >= 15 is 0 Å². The Hall–Kier alpha value is -2.29. The molecular weight excluding hydrogens is 267 g/mol. The van der Waals surface area contributed by atoms with Crippen molar-refractivity contribution >= 4 is 17.6 Å². The number of amides is 3.